The van der Waals surface area contributed by atoms with Crippen LogP contribution >= 0.6 is 11.6 Å². The van der Waals surface area contributed by atoms with Crippen molar-refractivity contribution in [3.05, 3.63) is 70.3 Å². The van der Waals surface area contributed by atoms with Gasteiger partial charge in [-0.25, -0.2) is 13.1 Å². The summed E-state index contributed by atoms with van der Waals surface area (Å²) in [5.74, 6) is 0.529. The lowest BCUT2D eigenvalue weighted by Gasteiger charge is -2.52. The van der Waals surface area contributed by atoms with Crippen molar-refractivity contribution in [1.82, 2.24) is 14.5 Å². The molecule has 2 aliphatic carbocycles. The van der Waals surface area contributed by atoms with Gasteiger partial charge in [-0.1, -0.05) is 43.7 Å². The lowest BCUT2D eigenvalue weighted by atomic mass is 9.63. The van der Waals surface area contributed by atoms with Crippen molar-refractivity contribution in [2.24, 2.45) is 17.8 Å². The van der Waals surface area contributed by atoms with Gasteiger partial charge in [-0.2, -0.15) is 0 Å². The predicted molar refractivity (Wildman–Crippen MR) is 203 cm³/mol. The minimum Gasteiger partial charge on any atom is -0.490 e. The number of nitrogens with zero attached hydrogens (tertiary/aromatic N) is 3. The van der Waals surface area contributed by atoms with Gasteiger partial charge in [0, 0.05) is 68.9 Å². The monoisotopic (exact) mass is 738 g/mol. The largest absolute Gasteiger partial charge is 0.490 e. The number of likely N-dealkylation sites (N-methyl/N-ethyl adjacent to an activating group) is 1. The van der Waals surface area contributed by atoms with Crippen LogP contribution in [0, 0.1) is 17.8 Å². The Bertz CT molecular complexity index is 1750. The number of fused-ring (bicyclic) bond motifs is 4. The first-order valence-corrected chi connectivity index (χ1v) is 20.9. The average Bonchev–Trinajstić information content (AvgIpc) is 3.25. The maximum atomic E-state index is 13.6. The minimum absolute atomic E-state index is 0.209. The van der Waals surface area contributed by atoms with Gasteiger partial charge in [0.25, 0.3) is 5.91 Å². The zero-order valence-corrected chi connectivity index (χ0v) is 32.3. The molecule has 2 aromatic carbocycles. The van der Waals surface area contributed by atoms with Crippen LogP contribution in [0.1, 0.15) is 74.4 Å². The minimum atomic E-state index is -3.94. The molecule has 278 valence electrons. The van der Waals surface area contributed by atoms with Crippen LogP contribution in [0.2, 0.25) is 5.02 Å². The first-order chi connectivity index (χ1) is 24.5. The molecule has 1 saturated carbocycles. The predicted octanol–water partition coefficient (Wildman–Crippen LogP) is 5.91. The number of hydrogen-bond acceptors (Lipinski definition) is 8. The number of allylic oxidation sites excluding steroid dienone is 1. The molecule has 7 rings (SSSR count). The van der Waals surface area contributed by atoms with Crippen LogP contribution in [0.15, 0.2) is 48.6 Å². The number of methoxy groups -OCH3 is 1. The van der Waals surface area contributed by atoms with E-state index in [1.54, 1.807) is 13.0 Å². The highest BCUT2D eigenvalue weighted by molar-refractivity contribution is 7.90. The molecule has 1 amide bonds. The molecular weight excluding hydrogens is 684 g/mol. The molecule has 1 spiro atoms. The zero-order valence-electron chi connectivity index (χ0n) is 30.7. The second-order valence-electron chi connectivity index (χ2n) is 15.9. The van der Waals surface area contributed by atoms with Gasteiger partial charge in [-0.05, 0) is 111 Å². The van der Waals surface area contributed by atoms with Crippen molar-refractivity contribution >= 4 is 33.2 Å². The number of aryl methyl sites for hydroxylation is 1. The topological polar surface area (TPSA) is 91.4 Å². The van der Waals surface area contributed by atoms with E-state index in [0.717, 1.165) is 101 Å². The number of ether oxygens (including phenoxy) is 2. The van der Waals surface area contributed by atoms with Gasteiger partial charge in [0.1, 0.15) is 11.4 Å². The Morgan fingerprint density at radius 3 is 2.57 bits per heavy atom. The lowest BCUT2D eigenvalue weighted by molar-refractivity contribution is -0.0953. The van der Waals surface area contributed by atoms with Gasteiger partial charge < -0.3 is 19.3 Å². The molecule has 1 N–H and O–H groups in total. The van der Waals surface area contributed by atoms with Gasteiger partial charge in [-0.15, -0.1) is 0 Å². The molecule has 11 heteroatoms. The van der Waals surface area contributed by atoms with E-state index < -0.39 is 26.8 Å². The van der Waals surface area contributed by atoms with Crippen LogP contribution in [-0.2, 0) is 26.6 Å². The second kappa shape index (κ2) is 14.7. The summed E-state index contributed by atoms with van der Waals surface area (Å²) in [6.07, 6.45) is 10.1. The third-order valence-electron chi connectivity index (χ3n) is 13.0. The normalized spacial score (nSPS) is 33.6. The molecule has 0 aromatic heterocycles. The first kappa shape index (κ1) is 36.7. The van der Waals surface area contributed by atoms with Crippen LogP contribution in [0.5, 0.6) is 5.75 Å². The Kier molecular flexibility index (Phi) is 10.5. The molecule has 5 aliphatic rings. The van der Waals surface area contributed by atoms with E-state index in [4.69, 9.17) is 21.1 Å². The molecule has 51 heavy (non-hydrogen) atoms. The summed E-state index contributed by atoms with van der Waals surface area (Å²) < 4.78 is 42.9. The third kappa shape index (κ3) is 7.20. The fourth-order valence-corrected chi connectivity index (χ4v) is 10.9. The molecule has 2 aromatic rings. The maximum absolute atomic E-state index is 13.6. The number of carbonyl (C=O) groups is 1. The average molecular weight is 739 g/mol. The Morgan fingerprint density at radius 2 is 1.84 bits per heavy atom. The van der Waals surface area contributed by atoms with Gasteiger partial charge in [-0.3, -0.25) is 9.69 Å². The summed E-state index contributed by atoms with van der Waals surface area (Å²) in [4.78, 5) is 21.1. The van der Waals surface area contributed by atoms with Gasteiger partial charge in [0.2, 0.25) is 10.0 Å². The van der Waals surface area contributed by atoms with E-state index in [1.807, 2.05) is 32.2 Å². The van der Waals surface area contributed by atoms with Gasteiger partial charge in [0.05, 0.1) is 17.5 Å². The number of nitrogens with one attached hydrogen (secondary N) is 1. The molecular formula is C40H55ClN4O5S. The third-order valence-corrected chi connectivity index (χ3v) is 15.1. The first-order valence-electron chi connectivity index (χ1n) is 19.0. The van der Waals surface area contributed by atoms with Crippen molar-refractivity contribution in [2.45, 2.75) is 75.6 Å². The number of amides is 1. The molecule has 2 bridgehead atoms. The standard InChI is InChI=1S/C40H55ClN4O5S/c1-5-43-18-20-44(21-19-43)26-40(49-4)17-6-8-28(2)29(3)51(47,48)42-38(46)31-11-15-37-36(23-31)45(24-32-10-13-35(32)40)25-39(27-50-37)16-7-9-30-22-33(41)12-14-34(30)39/h6,11-12,14-15,17,22-23,28-29,32,35H,5,7-10,13,16,18-21,24-27H2,1-4H3,(H,42,46)/b17-6+/t28-,29+,32-,35+,39-,40-/m0/s1. The highest BCUT2D eigenvalue weighted by Gasteiger charge is 2.50. The molecule has 3 heterocycles. The summed E-state index contributed by atoms with van der Waals surface area (Å²) >= 11 is 6.49. The Morgan fingerprint density at radius 1 is 1.06 bits per heavy atom. The fourth-order valence-electron chi connectivity index (χ4n) is 9.42. The van der Waals surface area contributed by atoms with Crippen LogP contribution in [0.25, 0.3) is 0 Å². The molecule has 9 nitrogen and oxygen atoms in total. The van der Waals surface area contributed by atoms with Crippen LogP contribution in [-0.4, -0.2) is 101 Å². The van der Waals surface area contributed by atoms with Crippen molar-refractivity contribution in [2.75, 3.05) is 71.0 Å². The Balaban J connectivity index is 1.30. The van der Waals surface area contributed by atoms with Crippen LogP contribution in [0.3, 0.4) is 0 Å². The second-order valence-corrected chi connectivity index (χ2v) is 18.4. The molecule has 6 atom stereocenters. The number of sulfonamides is 1. The summed E-state index contributed by atoms with van der Waals surface area (Å²) in [6.45, 7) is 13.9. The molecule has 0 radical (unpaired) electrons. The van der Waals surface area contributed by atoms with Crippen molar-refractivity contribution in [3.8, 4) is 5.75 Å². The molecule has 1 saturated heterocycles. The fraction of sp³-hybridized carbons (Fsp3) is 0.625. The maximum Gasteiger partial charge on any atom is 0.264 e. The summed E-state index contributed by atoms with van der Waals surface area (Å²) in [5.41, 5.74) is 2.95. The van der Waals surface area contributed by atoms with E-state index in [0.29, 0.717) is 24.5 Å². The highest BCUT2D eigenvalue weighted by Crippen LogP contribution is 2.49. The Labute approximate surface area is 309 Å². The SMILES string of the molecule is CCN1CCN(C[C@@]2(OC)/C=C/C[C@H](C)[C@@H](C)S(=O)(=O)NC(=O)c3ccc4c(c3)N(C[C@@H]3CC[C@H]32)C[C@@]2(CCCc3cc(Cl)ccc32)CO4)CC1. The lowest BCUT2D eigenvalue weighted by Crippen LogP contribution is -2.59. The number of carbonyl (C=O) groups excluding carboxylic acids is 1. The summed E-state index contributed by atoms with van der Waals surface area (Å²) in [7, 11) is -2.09. The zero-order chi connectivity index (χ0) is 36.0. The van der Waals surface area contributed by atoms with E-state index in [2.05, 4.69) is 50.6 Å². The Hall–Kier alpha value is -2.63. The molecule has 0 unspecified atom stereocenters. The summed E-state index contributed by atoms with van der Waals surface area (Å²) in [6, 6.07) is 11.7. The van der Waals surface area contributed by atoms with Crippen molar-refractivity contribution < 1.29 is 22.7 Å². The van der Waals surface area contributed by atoms with E-state index >= 15 is 0 Å². The van der Waals surface area contributed by atoms with E-state index in [1.165, 1.54) is 11.1 Å². The highest BCUT2D eigenvalue weighted by atomic mass is 35.5. The van der Waals surface area contributed by atoms with Crippen molar-refractivity contribution in [3.63, 3.8) is 0 Å². The molecule has 3 aliphatic heterocycles. The van der Waals surface area contributed by atoms with Crippen molar-refractivity contribution in [1.29, 1.82) is 0 Å². The van der Waals surface area contributed by atoms with Gasteiger partial charge in [0.15, 0.2) is 0 Å². The smallest absolute Gasteiger partial charge is 0.264 e. The number of rotatable bonds is 4. The number of hydrogen-bond donors (Lipinski definition) is 1. The van der Waals surface area contributed by atoms with Crippen LogP contribution in [0.4, 0.5) is 5.69 Å². The number of halogens is 1. The van der Waals surface area contributed by atoms with Gasteiger partial charge >= 0.3 is 0 Å². The quantitative estimate of drug-likeness (QED) is 0.388. The van der Waals surface area contributed by atoms with E-state index in [-0.39, 0.29) is 17.3 Å². The van der Waals surface area contributed by atoms with Crippen LogP contribution < -0.4 is 14.4 Å². The number of anilines is 1. The molecule has 2 fully saturated rings. The summed E-state index contributed by atoms with van der Waals surface area (Å²) in [5, 5.41) is -0.0183. The number of piperazine rings is 1. The number of benzene rings is 2. The van der Waals surface area contributed by atoms with E-state index in [9.17, 15) is 13.2 Å².